The minimum atomic E-state index is -0.494. The summed E-state index contributed by atoms with van der Waals surface area (Å²) in [6, 6.07) is 10.8. The van der Waals surface area contributed by atoms with E-state index in [1.165, 1.54) is 12.1 Å². The van der Waals surface area contributed by atoms with Crippen LogP contribution in [0.25, 0.3) is 0 Å². The van der Waals surface area contributed by atoms with E-state index in [-0.39, 0.29) is 27.9 Å². The molecule has 0 heterocycles. The van der Waals surface area contributed by atoms with Crippen molar-refractivity contribution in [2.24, 2.45) is 5.73 Å². The summed E-state index contributed by atoms with van der Waals surface area (Å²) >= 11 is 5.94. The van der Waals surface area contributed by atoms with Gasteiger partial charge in [-0.2, -0.15) is 0 Å². The SMILES string of the molecule is N=C(N)c1c(Cl)cccc1Oc1ccccc1F. The molecule has 18 heavy (non-hydrogen) atoms. The van der Waals surface area contributed by atoms with Crippen LogP contribution in [0.5, 0.6) is 11.5 Å². The van der Waals surface area contributed by atoms with Gasteiger partial charge in [-0.3, -0.25) is 5.41 Å². The monoisotopic (exact) mass is 264 g/mol. The molecule has 0 radical (unpaired) electrons. The zero-order chi connectivity index (χ0) is 13.1. The lowest BCUT2D eigenvalue weighted by molar-refractivity contribution is 0.441. The summed E-state index contributed by atoms with van der Waals surface area (Å²) < 4.78 is 18.9. The van der Waals surface area contributed by atoms with E-state index < -0.39 is 5.82 Å². The van der Waals surface area contributed by atoms with Gasteiger partial charge in [-0.1, -0.05) is 29.8 Å². The fourth-order valence-electron chi connectivity index (χ4n) is 1.50. The fourth-order valence-corrected chi connectivity index (χ4v) is 1.76. The number of halogens is 2. The van der Waals surface area contributed by atoms with E-state index in [2.05, 4.69) is 0 Å². The van der Waals surface area contributed by atoms with E-state index in [4.69, 9.17) is 27.5 Å². The van der Waals surface area contributed by atoms with E-state index in [9.17, 15) is 4.39 Å². The van der Waals surface area contributed by atoms with Gasteiger partial charge in [-0.25, -0.2) is 4.39 Å². The highest BCUT2D eigenvalue weighted by atomic mass is 35.5. The zero-order valence-corrected chi connectivity index (χ0v) is 10.0. The Hall–Kier alpha value is -2.07. The smallest absolute Gasteiger partial charge is 0.165 e. The molecular weight excluding hydrogens is 255 g/mol. The molecule has 0 amide bonds. The molecule has 0 aliphatic heterocycles. The van der Waals surface area contributed by atoms with Crippen molar-refractivity contribution in [2.45, 2.75) is 0 Å². The number of ether oxygens (including phenoxy) is 1. The Morgan fingerprint density at radius 3 is 2.44 bits per heavy atom. The van der Waals surface area contributed by atoms with E-state index in [1.807, 2.05) is 0 Å². The molecule has 0 fully saturated rings. The lowest BCUT2D eigenvalue weighted by Crippen LogP contribution is -2.13. The van der Waals surface area contributed by atoms with Crippen LogP contribution in [-0.2, 0) is 0 Å². The molecule has 0 spiro atoms. The summed E-state index contributed by atoms with van der Waals surface area (Å²) in [6.45, 7) is 0. The normalized spacial score (nSPS) is 10.1. The van der Waals surface area contributed by atoms with Crippen LogP contribution in [0.1, 0.15) is 5.56 Å². The van der Waals surface area contributed by atoms with Gasteiger partial charge in [0.1, 0.15) is 11.6 Å². The molecular formula is C13H10ClFN2O. The molecule has 5 heteroatoms. The predicted molar refractivity (Wildman–Crippen MR) is 68.9 cm³/mol. The molecule has 0 saturated carbocycles. The van der Waals surface area contributed by atoms with Crippen molar-refractivity contribution in [1.29, 1.82) is 5.41 Å². The van der Waals surface area contributed by atoms with Crippen molar-refractivity contribution in [3.8, 4) is 11.5 Å². The first-order valence-electron chi connectivity index (χ1n) is 5.15. The van der Waals surface area contributed by atoms with Crippen molar-refractivity contribution in [2.75, 3.05) is 0 Å². The maximum Gasteiger partial charge on any atom is 0.165 e. The Bertz CT molecular complexity index is 601. The van der Waals surface area contributed by atoms with Crippen molar-refractivity contribution < 1.29 is 9.13 Å². The van der Waals surface area contributed by atoms with Crippen molar-refractivity contribution >= 4 is 17.4 Å². The maximum atomic E-state index is 13.5. The Labute approximate surface area is 108 Å². The summed E-state index contributed by atoms with van der Waals surface area (Å²) in [7, 11) is 0. The van der Waals surface area contributed by atoms with Crippen LogP contribution >= 0.6 is 11.6 Å². The van der Waals surface area contributed by atoms with Gasteiger partial charge in [0.05, 0.1) is 10.6 Å². The molecule has 0 aliphatic rings. The topological polar surface area (TPSA) is 59.1 Å². The quantitative estimate of drug-likeness (QED) is 0.658. The molecule has 0 aliphatic carbocycles. The van der Waals surface area contributed by atoms with Gasteiger partial charge in [-0.05, 0) is 24.3 Å². The third kappa shape index (κ3) is 2.43. The predicted octanol–water partition coefficient (Wildman–Crippen LogP) is 3.56. The molecule has 2 aromatic rings. The van der Waals surface area contributed by atoms with Crippen LogP contribution in [0.4, 0.5) is 4.39 Å². The van der Waals surface area contributed by atoms with E-state index >= 15 is 0 Å². The molecule has 0 bridgehead atoms. The fraction of sp³-hybridized carbons (Fsp3) is 0. The number of nitrogens with one attached hydrogen (secondary N) is 1. The van der Waals surface area contributed by atoms with Gasteiger partial charge < -0.3 is 10.5 Å². The highest BCUT2D eigenvalue weighted by Gasteiger charge is 2.13. The number of para-hydroxylation sites is 1. The van der Waals surface area contributed by atoms with Gasteiger partial charge in [0, 0.05) is 0 Å². The lowest BCUT2D eigenvalue weighted by atomic mass is 10.2. The maximum absolute atomic E-state index is 13.5. The van der Waals surface area contributed by atoms with Gasteiger partial charge in [0.15, 0.2) is 11.6 Å². The van der Waals surface area contributed by atoms with Crippen molar-refractivity contribution in [1.82, 2.24) is 0 Å². The van der Waals surface area contributed by atoms with Crippen LogP contribution in [0.3, 0.4) is 0 Å². The average Bonchev–Trinajstić information content (AvgIpc) is 2.31. The Morgan fingerprint density at radius 2 is 1.78 bits per heavy atom. The second-order valence-electron chi connectivity index (χ2n) is 3.56. The number of nitrogens with two attached hydrogens (primary N) is 1. The lowest BCUT2D eigenvalue weighted by Gasteiger charge is -2.11. The molecule has 0 aromatic heterocycles. The largest absolute Gasteiger partial charge is 0.453 e. The zero-order valence-electron chi connectivity index (χ0n) is 9.28. The third-order valence-electron chi connectivity index (χ3n) is 2.30. The summed E-state index contributed by atoms with van der Waals surface area (Å²) in [5.74, 6) is -0.415. The highest BCUT2D eigenvalue weighted by molar-refractivity contribution is 6.34. The van der Waals surface area contributed by atoms with E-state index in [0.717, 1.165) is 0 Å². The standard InChI is InChI=1S/C13H10ClFN2O/c14-8-4-3-7-11(12(8)13(16)17)18-10-6-2-1-5-9(10)15/h1-7H,(H3,16,17). The Morgan fingerprint density at radius 1 is 1.11 bits per heavy atom. The molecule has 2 aromatic carbocycles. The number of amidine groups is 1. The van der Waals surface area contributed by atoms with Gasteiger partial charge in [0.25, 0.3) is 0 Å². The molecule has 0 saturated heterocycles. The first-order chi connectivity index (χ1) is 8.59. The second-order valence-corrected chi connectivity index (χ2v) is 3.97. The van der Waals surface area contributed by atoms with Crippen molar-refractivity contribution in [3.05, 3.63) is 58.9 Å². The first kappa shape index (κ1) is 12.4. The van der Waals surface area contributed by atoms with Gasteiger partial charge in [-0.15, -0.1) is 0 Å². The molecule has 3 nitrogen and oxygen atoms in total. The number of hydrogen-bond donors (Lipinski definition) is 2. The number of rotatable bonds is 3. The van der Waals surface area contributed by atoms with Crippen molar-refractivity contribution in [3.63, 3.8) is 0 Å². The second kappa shape index (κ2) is 5.06. The van der Waals surface area contributed by atoms with Crippen LogP contribution in [-0.4, -0.2) is 5.84 Å². The average molecular weight is 265 g/mol. The molecule has 92 valence electrons. The van der Waals surface area contributed by atoms with Gasteiger partial charge in [0.2, 0.25) is 0 Å². The van der Waals surface area contributed by atoms with Gasteiger partial charge >= 0.3 is 0 Å². The number of nitrogen functional groups attached to an aromatic ring is 1. The number of benzene rings is 2. The third-order valence-corrected chi connectivity index (χ3v) is 2.62. The minimum Gasteiger partial charge on any atom is -0.453 e. The van der Waals surface area contributed by atoms with Crippen LogP contribution in [0.2, 0.25) is 5.02 Å². The molecule has 2 rings (SSSR count). The molecule has 3 N–H and O–H groups in total. The summed E-state index contributed by atoms with van der Waals surface area (Å²) in [5, 5.41) is 7.74. The summed E-state index contributed by atoms with van der Waals surface area (Å²) in [6.07, 6.45) is 0. The number of hydrogen-bond acceptors (Lipinski definition) is 2. The van der Waals surface area contributed by atoms with E-state index in [0.29, 0.717) is 0 Å². The molecule has 0 unspecified atom stereocenters. The van der Waals surface area contributed by atoms with E-state index in [1.54, 1.807) is 30.3 Å². The Kier molecular flexibility index (Phi) is 3.48. The first-order valence-corrected chi connectivity index (χ1v) is 5.52. The van der Waals surface area contributed by atoms with Crippen LogP contribution < -0.4 is 10.5 Å². The molecule has 0 atom stereocenters. The van der Waals surface area contributed by atoms with Crippen LogP contribution in [0, 0.1) is 11.2 Å². The van der Waals surface area contributed by atoms with Crippen LogP contribution in [0.15, 0.2) is 42.5 Å². The summed E-state index contributed by atoms with van der Waals surface area (Å²) in [5.41, 5.74) is 5.68. The highest BCUT2D eigenvalue weighted by Crippen LogP contribution is 2.31. The minimum absolute atomic E-state index is 0.0577. The summed E-state index contributed by atoms with van der Waals surface area (Å²) in [4.78, 5) is 0. The Balaban J connectivity index is 2.44.